The molecule has 0 spiro atoms. The number of hydrogen-bond acceptors (Lipinski definition) is 5. The largest absolute Gasteiger partial charge is 0.419 e. The van der Waals surface area contributed by atoms with Crippen molar-refractivity contribution >= 4 is 11.3 Å². The lowest BCUT2D eigenvalue weighted by atomic mass is 9.99. The van der Waals surface area contributed by atoms with Crippen LogP contribution in [0.5, 0.6) is 0 Å². The van der Waals surface area contributed by atoms with Crippen LogP contribution in [0.1, 0.15) is 25.7 Å². The van der Waals surface area contributed by atoms with Crippen LogP contribution in [0.15, 0.2) is 21.9 Å². The third-order valence-electron chi connectivity index (χ3n) is 3.43. The summed E-state index contributed by atoms with van der Waals surface area (Å²) in [6.45, 7) is 5.37. The van der Waals surface area contributed by atoms with Crippen LogP contribution < -0.4 is 0 Å². The Morgan fingerprint density at radius 1 is 1.39 bits per heavy atom. The lowest BCUT2D eigenvalue weighted by molar-refractivity contribution is 0.171. The van der Waals surface area contributed by atoms with Gasteiger partial charge in [0.25, 0.3) is 5.89 Å². The summed E-state index contributed by atoms with van der Waals surface area (Å²) in [5, 5.41) is 10.3. The van der Waals surface area contributed by atoms with Crippen LogP contribution in [0.3, 0.4) is 0 Å². The standard InChI is InChI=1S/C13H17N3OS/c1-10-4-6-16(7-5-10)9-12-14-15-13(17-12)11-3-2-8-18-11/h2-3,8,10H,4-7,9H2,1H3. The highest BCUT2D eigenvalue weighted by molar-refractivity contribution is 7.13. The highest BCUT2D eigenvalue weighted by Crippen LogP contribution is 2.24. The second-order valence-electron chi connectivity index (χ2n) is 4.94. The van der Waals surface area contributed by atoms with E-state index in [4.69, 9.17) is 4.42 Å². The number of hydrogen-bond donors (Lipinski definition) is 0. The molecule has 0 atom stereocenters. The normalized spacial score (nSPS) is 18.3. The molecule has 3 heterocycles. The van der Waals surface area contributed by atoms with E-state index < -0.39 is 0 Å². The van der Waals surface area contributed by atoms with Crippen molar-refractivity contribution in [1.29, 1.82) is 0 Å². The van der Waals surface area contributed by atoms with Gasteiger partial charge >= 0.3 is 0 Å². The van der Waals surface area contributed by atoms with E-state index in [9.17, 15) is 0 Å². The Labute approximate surface area is 111 Å². The minimum absolute atomic E-state index is 0.644. The van der Waals surface area contributed by atoms with Gasteiger partial charge in [-0.25, -0.2) is 0 Å². The van der Waals surface area contributed by atoms with Crippen LogP contribution in [0.25, 0.3) is 10.8 Å². The van der Waals surface area contributed by atoms with Crippen LogP contribution in [0, 0.1) is 5.92 Å². The second-order valence-corrected chi connectivity index (χ2v) is 5.88. The molecule has 0 amide bonds. The first-order valence-electron chi connectivity index (χ1n) is 6.40. The molecule has 3 rings (SSSR count). The number of likely N-dealkylation sites (tertiary alicyclic amines) is 1. The molecule has 0 radical (unpaired) electrons. The van der Waals surface area contributed by atoms with Gasteiger partial charge in [-0.3, -0.25) is 4.90 Å². The predicted molar refractivity (Wildman–Crippen MR) is 71.3 cm³/mol. The van der Waals surface area contributed by atoms with Gasteiger partial charge in [0.15, 0.2) is 0 Å². The molecule has 1 aliphatic heterocycles. The Balaban J connectivity index is 1.64. The number of piperidine rings is 1. The summed E-state index contributed by atoms with van der Waals surface area (Å²) in [6, 6.07) is 4.00. The van der Waals surface area contributed by atoms with Gasteiger partial charge in [0.2, 0.25) is 5.89 Å². The molecule has 2 aromatic rings. The van der Waals surface area contributed by atoms with E-state index >= 15 is 0 Å². The smallest absolute Gasteiger partial charge is 0.257 e. The Morgan fingerprint density at radius 3 is 2.94 bits per heavy atom. The Hall–Kier alpha value is -1.20. The molecule has 2 aromatic heterocycles. The van der Waals surface area contributed by atoms with Crippen LogP contribution in [-0.4, -0.2) is 28.2 Å². The van der Waals surface area contributed by atoms with Crippen molar-refractivity contribution in [2.24, 2.45) is 5.92 Å². The van der Waals surface area contributed by atoms with Crippen LogP contribution in [-0.2, 0) is 6.54 Å². The molecule has 0 unspecified atom stereocenters. The minimum atomic E-state index is 0.644. The van der Waals surface area contributed by atoms with Crippen molar-refractivity contribution < 1.29 is 4.42 Å². The maximum atomic E-state index is 5.70. The summed E-state index contributed by atoms with van der Waals surface area (Å²) >= 11 is 1.63. The van der Waals surface area contributed by atoms with Crippen molar-refractivity contribution in [3.8, 4) is 10.8 Å². The molecule has 5 heteroatoms. The van der Waals surface area contributed by atoms with Gasteiger partial charge in [0.1, 0.15) is 0 Å². The van der Waals surface area contributed by atoms with Gasteiger partial charge in [-0.15, -0.1) is 21.5 Å². The minimum Gasteiger partial charge on any atom is -0.419 e. The maximum absolute atomic E-state index is 5.70. The molecule has 0 N–H and O–H groups in total. The fourth-order valence-electron chi connectivity index (χ4n) is 2.23. The molecule has 1 saturated heterocycles. The van der Waals surface area contributed by atoms with E-state index in [0.29, 0.717) is 5.89 Å². The maximum Gasteiger partial charge on any atom is 0.257 e. The zero-order valence-corrected chi connectivity index (χ0v) is 11.3. The Morgan fingerprint density at radius 2 is 2.22 bits per heavy atom. The quantitative estimate of drug-likeness (QED) is 0.853. The number of nitrogens with zero attached hydrogens (tertiary/aromatic N) is 3. The summed E-state index contributed by atoms with van der Waals surface area (Å²) < 4.78 is 5.70. The highest BCUT2D eigenvalue weighted by atomic mass is 32.1. The zero-order chi connectivity index (χ0) is 12.4. The molecule has 0 aliphatic carbocycles. The first kappa shape index (κ1) is 11.9. The first-order valence-corrected chi connectivity index (χ1v) is 7.28. The van der Waals surface area contributed by atoms with E-state index in [2.05, 4.69) is 22.0 Å². The summed E-state index contributed by atoms with van der Waals surface area (Å²) in [7, 11) is 0. The first-order chi connectivity index (χ1) is 8.81. The second kappa shape index (κ2) is 5.20. The summed E-state index contributed by atoms with van der Waals surface area (Å²) in [5.41, 5.74) is 0. The summed E-state index contributed by atoms with van der Waals surface area (Å²) in [4.78, 5) is 3.44. The van der Waals surface area contributed by atoms with Crippen molar-refractivity contribution in [1.82, 2.24) is 15.1 Å². The third kappa shape index (κ3) is 2.62. The zero-order valence-electron chi connectivity index (χ0n) is 10.5. The molecule has 18 heavy (non-hydrogen) atoms. The van der Waals surface area contributed by atoms with Gasteiger partial charge < -0.3 is 4.42 Å². The number of thiophene rings is 1. The topological polar surface area (TPSA) is 42.2 Å². The molecule has 96 valence electrons. The monoisotopic (exact) mass is 263 g/mol. The van der Waals surface area contributed by atoms with E-state index in [-0.39, 0.29) is 0 Å². The number of rotatable bonds is 3. The molecular formula is C13H17N3OS. The average molecular weight is 263 g/mol. The molecule has 4 nitrogen and oxygen atoms in total. The van der Waals surface area contributed by atoms with Gasteiger partial charge in [-0.1, -0.05) is 13.0 Å². The van der Waals surface area contributed by atoms with Gasteiger partial charge in [-0.2, -0.15) is 0 Å². The molecule has 1 aliphatic rings. The lowest BCUT2D eigenvalue weighted by Gasteiger charge is -2.28. The van der Waals surface area contributed by atoms with E-state index in [0.717, 1.165) is 36.3 Å². The van der Waals surface area contributed by atoms with E-state index in [1.807, 2.05) is 17.5 Å². The fourth-order valence-corrected chi connectivity index (χ4v) is 2.87. The highest BCUT2D eigenvalue weighted by Gasteiger charge is 2.18. The Kier molecular flexibility index (Phi) is 3.43. The number of aromatic nitrogens is 2. The third-order valence-corrected chi connectivity index (χ3v) is 4.29. The SMILES string of the molecule is CC1CCN(Cc2nnc(-c3cccs3)o2)CC1. The predicted octanol–water partition coefficient (Wildman–Crippen LogP) is 3.03. The molecular weight excluding hydrogens is 246 g/mol. The lowest BCUT2D eigenvalue weighted by Crippen LogP contribution is -2.32. The Bertz CT molecular complexity index is 486. The van der Waals surface area contributed by atoms with Gasteiger partial charge in [0.05, 0.1) is 11.4 Å². The van der Waals surface area contributed by atoms with E-state index in [1.54, 1.807) is 11.3 Å². The molecule has 0 aromatic carbocycles. The van der Waals surface area contributed by atoms with Crippen LogP contribution in [0.2, 0.25) is 0 Å². The van der Waals surface area contributed by atoms with Gasteiger partial charge in [0, 0.05) is 0 Å². The average Bonchev–Trinajstić information content (AvgIpc) is 3.02. The summed E-state index contributed by atoms with van der Waals surface area (Å²) in [5.74, 6) is 2.23. The van der Waals surface area contributed by atoms with Crippen LogP contribution >= 0.6 is 11.3 Å². The molecule has 0 bridgehead atoms. The van der Waals surface area contributed by atoms with Crippen LogP contribution in [0.4, 0.5) is 0 Å². The van der Waals surface area contributed by atoms with Crippen molar-refractivity contribution in [3.63, 3.8) is 0 Å². The van der Waals surface area contributed by atoms with Crippen molar-refractivity contribution in [2.75, 3.05) is 13.1 Å². The molecule has 0 saturated carbocycles. The fraction of sp³-hybridized carbons (Fsp3) is 0.538. The van der Waals surface area contributed by atoms with Crippen molar-refractivity contribution in [3.05, 3.63) is 23.4 Å². The van der Waals surface area contributed by atoms with Gasteiger partial charge in [-0.05, 0) is 43.3 Å². The van der Waals surface area contributed by atoms with E-state index in [1.165, 1.54) is 12.8 Å². The van der Waals surface area contributed by atoms with Crippen molar-refractivity contribution in [2.45, 2.75) is 26.3 Å². The summed E-state index contributed by atoms with van der Waals surface area (Å²) in [6.07, 6.45) is 2.54. The molecule has 1 fully saturated rings.